The Kier molecular flexibility index (Phi) is 4.50. The second-order valence-corrected chi connectivity index (χ2v) is 5.72. The number of nitrogens with two attached hydrogens (primary N) is 1. The van der Waals surface area contributed by atoms with Gasteiger partial charge < -0.3 is 5.73 Å². The summed E-state index contributed by atoms with van der Waals surface area (Å²) in [6.45, 7) is 2.97. The van der Waals surface area contributed by atoms with Crippen molar-refractivity contribution in [2.45, 2.75) is 25.7 Å². The van der Waals surface area contributed by atoms with Gasteiger partial charge in [0.05, 0.1) is 5.52 Å². The molecular formula is C20H22N2. The highest BCUT2D eigenvalue weighted by Crippen LogP contribution is 2.27. The number of rotatable bonds is 5. The summed E-state index contributed by atoms with van der Waals surface area (Å²) in [5.41, 5.74) is 10.6. The maximum Gasteiger partial charge on any atom is 0.0702 e. The predicted molar refractivity (Wildman–Crippen MR) is 93.9 cm³/mol. The van der Waals surface area contributed by atoms with Gasteiger partial charge >= 0.3 is 0 Å². The summed E-state index contributed by atoms with van der Waals surface area (Å²) in [5, 5.41) is 1.18. The Morgan fingerprint density at radius 2 is 1.77 bits per heavy atom. The minimum absolute atomic E-state index is 0.569. The Morgan fingerprint density at radius 1 is 1.00 bits per heavy atom. The average Bonchev–Trinajstić information content (AvgIpc) is 2.59. The maximum absolute atomic E-state index is 5.71. The second-order valence-electron chi connectivity index (χ2n) is 5.72. The lowest BCUT2D eigenvalue weighted by atomic mass is 9.91. The number of nitrogens with zero attached hydrogens (tertiary/aromatic N) is 1. The van der Waals surface area contributed by atoms with Crippen LogP contribution >= 0.6 is 0 Å². The van der Waals surface area contributed by atoms with Crippen molar-refractivity contribution >= 4 is 10.9 Å². The van der Waals surface area contributed by atoms with Gasteiger partial charge in [-0.15, -0.1) is 0 Å². The predicted octanol–water partition coefficient (Wildman–Crippen LogP) is 4.74. The normalized spacial score (nSPS) is 12.5. The van der Waals surface area contributed by atoms with Crippen molar-refractivity contribution in [1.82, 2.24) is 4.98 Å². The number of benzene rings is 2. The van der Waals surface area contributed by atoms with Crippen LogP contribution in [0.4, 0.5) is 0 Å². The summed E-state index contributed by atoms with van der Waals surface area (Å²) in [4.78, 5) is 4.37. The third kappa shape index (κ3) is 3.02. The van der Waals surface area contributed by atoms with Crippen LogP contribution in [0, 0.1) is 0 Å². The fourth-order valence-corrected chi connectivity index (χ4v) is 3.01. The van der Waals surface area contributed by atoms with E-state index in [0.29, 0.717) is 5.92 Å². The summed E-state index contributed by atoms with van der Waals surface area (Å²) >= 11 is 0. The van der Waals surface area contributed by atoms with E-state index in [2.05, 4.69) is 60.4 Å². The average molecular weight is 290 g/mol. The third-order valence-corrected chi connectivity index (χ3v) is 4.33. The lowest BCUT2D eigenvalue weighted by Gasteiger charge is -2.14. The van der Waals surface area contributed by atoms with E-state index in [1.54, 1.807) is 0 Å². The van der Waals surface area contributed by atoms with Crippen molar-refractivity contribution in [3.63, 3.8) is 0 Å². The van der Waals surface area contributed by atoms with Gasteiger partial charge in [0.2, 0.25) is 0 Å². The SMILES string of the molecule is CCC(CCN)c1ccc(-c2ccc3ncccc3c2)cc1. The van der Waals surface area contributed by atoms with Gasteiger partial charge in [-0.3, -0.25) is 4.98 Å². The molecule has 2 aromatic carbocycles. The molecule has 0 amide bonds. The molecule has 0 bridgehead atoms. The summed E-state index contributed by atoms with van der Waals surface area (Å²) in [5.74, 6) is 0.569. The molecule has 1 atom stereocenters. The Labute approximate surface area is 132 Å². The van der Waals surface area contributed by atoms with Crippen molar-refractivity contribution < 1.29 is 0 Å². The van der Waals surface area contributed by atoms with Gasteiger partial charge in [0.15, 0.2) is 0 Å². The Bertz CT molecular complexity index is 747. The number of pyridine rings is 1. The van der Waals surface area contributed by atoms with Crippen LogP contribution in [-0.4, -0.2) is 11.5 Å². The lowest BCUT2D eigenvalue weighted by Crippen LogP contribution is -2.06. The van der Waals surface area contributed by atoms with Gasteiger partial charge in [-0.2, -0.15) is 0 Å². The van der Waals surface area contributed by atoms with Crippen LogP contribution in [-0.2, 0) is 0 Å². The fourth-order valence-electron chi connectivity index (χ4n) is 3.01. The molecule has 1 unspecified atom stereocenters. The highest BCUT2D eigenvalue weighted by atomic mass is 14.6. The standard InChI is InChI=1S/C20H22N2/c1-2-15(11-12-21)16-5-7-17(8-6-16)18-9-10-20-19(14-18)4-3-13-22-20/h3-10,13-15H,2,11-12,21H2,1H3. The van der Waals surface area contributed by atoms with Crippen LogP contribution in [0.5, 0.6) is 0 Å². The van der Waals surface area contributed by atoms with E-state index in [4.69, 9.17) is 5.73 Å². The molecule has 2 heteroatoms. The molecule has 1 heterocycles. The maximum atomic E-state index is 5.71. The molecular weight excluding hydrogens is 268 g/mol. The topological polar surface area (TPSA) is 38.9 Å². The number of fused-ring (bicyclic) bond motifs is 1. The third-order valence-electron chi connectivity index (χ3n) is 4.33. The van der Waals surface area contributed by atoms with Crippen molar-refractivity contribution in [2.75, 3.05) is 6.54 Å². The highest BCUT2D eigenvalue weighted by Gasteiger charge is 2.08. The van der Waals surface area contributed by atoms with Crippen molar-refractivity contribution in [3.05, 3.63) is 66.4 Å². The first kappa shape index (κ1) is 14.7. The molecule has 2 N–H and O–H groups in total. The van der Waals surface area contributed by atoms with Gasteiger partial charge in [-0.25, -0.2) is 0 Å². The first-order chi connectivity index (χ1) is 10.8. The minimum atomic E-state index is 0.569. The molecule has 0 radical (unpaired) electrons. The molecule has 2 nitrogen and oxygen atoms in total. The zero-order valence-electron chi connectivity index (χ0n) is 13.0. The minimum Gasteiger partial charge on any atom is -0.330 e. The van der Waals surface area contributed by atoms with Gasteiger partial charge in [0.25, 0.3) is 0 Å². The van der Waals surface area contributed by atoms with Crippen LogP contribution in [0.3, 0.4) is 0 Å². The van der Waals surface area contributed by atoms with Crippen LogP contribution < -0.4 is 5.73 Å². The largest absolute Gasteiger partial charge is 0.330 e. The molecule has 0 aliphatic heterocycles. The first-order valence-corrected chi connectivity index (χ1v) is 7.97. The zero-order chi connectivity index (χ0) is 15.4. The van der Waals surface area contributed by atoms with E-state index in [1.165, 1.54) is 22.1 Å². The summed E-state index contributed by atoms with van der Waals surface area (Å²) in [6.07, 6.45) is 4.02. The Balaban J connectivity index is 1.90. The van der Waals surface area contributed by atoms with Crippen LogP contribution in [0.15, 0.2) is 60.8 Å². The molecule has 0 saturated heterocycles. The van der Waals surface area contributed by atoms with E-state index < -0.39 is 0 Å². The lowest BCUT2D eigenvalue weighted by molar-refractivity contribution is 0.614. The molecule has 112 valence electrons. The molecule has 1 aromatic heterocycles. The van der Waals surface area contributed by atoms with Crippen LogP contribution in [0.2, 0.25) is 0 Å². The monoisotopic (exact) mass is 290 g/mol. The van der Waals surface area contributed by atoms with E-state index in [1.807, 2.05) is 12.3 Å². The van der Waals surface area contributed by atoms with Gasteiger partial charge in [0, 0.05) is 11.6 Å². The highest BCUT2D eigenvalue weighted by molar-refractivity contribution is 5.84. The summed E-state index contributed by atoms with van der Waals surface area (Å²) < 4.78 is 0. The summed E-state index contributed by atoms with van der Waals surface area (Å²) in [7, 11) is 0. The zero-order valence-corrected chi connectivity index (χ0v) is 13.0. The van der Waals surface area contributed by atoms with Gasteiger partial charge in [-0.1, -0.05) is 43.3 Å². The van der Waals surface area contributed by atoms with E-state index >= 15 is 0 Å². The second kappa shape index (κ2) is 6.71. The molecule has 0 aliphatic carbocycles. The molecule has 3 rings (SSSR count). The number of aromatic nitrogens is 1. The first-order valence-electron chi connectivity index (χ1n) is 7.97. The van der Waals surface area contributed by atoms with Crippen LogP contribution in [0.1, 0.15) is 31.2 Å². The molecule has 0 aliphatic rings. The van der Waals surface area contributed by atoms with Crippen molar-refractivity contribution in [2.24, 2.45) is 5.73 Å². The van der Waals surface area contributed by atoms with Crippen LogP contribution in [0.25, 0.3) is 22.0 Å². The van der Waals surface area contributed by atoms with E-state index in [0.717, 1.165) is 24.9 Å². The molecule has 0 fully saturated rings. The number of hydrogen-bond acceptors (Lipinski definition) is 2. The Morgan fingerprint density at radius 3 is 2.50 bits per heavy atom. The fraction of sp³-hybridized carbons (Fsp3) is 0.250. The summed E-state index contributed by atoms with van der Waals surface area (Å²) in [6, 6.07) is 19.4. The van der Waals surface area contributed by atoms with Crippen molar-refractivity contribution in [3.8, 4) is 11.1 Å². The molecule has 22 heavy (non-hydrogen) atoms. The molecule has 0 spiro atoms. The van der Waals surface area contributed by atoms with E-state index in [-0.39, 0.29) is 0 Å². The Hall–Kier alpha value is -2.19. The molecule has 0 saturated carbocycles. The molecule has 3 aromatic rings. The quantitative estimate of drug-likeness (QED) is 0.737. The van der Waals surface area contributed by atoms with Crippen molar-refractivity contribution in [1.29, 1.82) is 0 Å². The van der Waals surface area contributed by atoms with Gasteiger partial charge in [0.1, 0.15) is 0 Å². The van der Waals surface area contributed by atoms with Gasteiger partial charge in [-0.05, 0) is 60.2 Å². The smallest absolute Gasteiger partial charge is 0.0702 e. The number of hydrogen-bond donors (Lipinski definition) is 1. The van der Waals surface area contributed by atoms with E-state index in [9.17, 15) is 0 Å².